The third-order valence-electron chi connectivity index (χ3n) is 2.18. The van der Waals surface area contributed by atoms with E-state index in [-0.39, 0.29) is 0 Å². The zero-order valence-electron chi connectivity index (χ0n) is 9.77. The molecular formula is C9H19N5S. The van der Waals surface area contributed by atoms with Gasteiger partial charge in [0, 0.05) is 30.7 Å². The Hall–Kier alpha value is -0.880. The lowest BCUT2D eigenvalue weighted by Gasteiger charge is -2.29. The summed E-state index contributed by atoms with van der Waals surface area (Å²) in [5.74, 6) is 0.366. The second-order valence-corrected chi connectivity index (χ2v) is 4.56. The van der Waals surface area contributed by atoms with Gasteiger partial charge in [-0.2, -0.15) is 9.36 Å². The molecule has 15 heavy (non-hydrogen) atoms. The van der Waals surface area contributed by atoms with Crippen molar-refractivity contribution in [1.82, 2.24) is 14.3 Å². The lowest BCUT2D eigenvalue weighted by atomic mass is 10.3. The minimum atomic E-state index is 0.366. The second-order valence-electron chi connectivity index (χ2n) is 3.83. The second kappa shape index (κ2) is 5.27. The Morgan fingerprint density at radius 1 is 1.47 bits per heavy atom. The van der Waals surface area contributed by atoms with E-state index in [1.165, 1.54) is 11.5 Å². The number of nitrogens with two attached hydrogens (primary N) is 1. The summed E-state index contributed by atoms with van der Waals surface area (Å²) in [5, 5.41) is 0.907. The van der Waals surface area contributed by atoms with Crippen molar-refractivity contribution < 1.29 is 0 Å². The predicted octanol–water partition coefficient (Wildman–Crippen LogP) is 0.897. The highest BCUT2D eigenvalue weighted by molar-refractivity contribution is 7.09. The maximum absolute atomic E-state index is 5.52. The van der Waals surface area contributed by atoms with Gasteiger partial charge >= 0.3 is 0 Å². The standard InChI is InChI=1S/C9H19N5S/c1-5-14(7(2)6-13(3)4)9-11-8(10)12-15-9/h7H,5-6H2,1-4H3,(H2,10,12). The fourth-order valence-electron chi connectivity index (χ4n) is 1.61. The SMILES string of the molecule is CCN(c1nc(N)ns1)C(C)CN(C)C. The van der Waals surface area contributed by atoms with Crippen LogP contribution in [0.25, 0.3) is 0 Å². The van der Waals surface area contributed by atoms with Crippen LogP contribution < -0.4 is 10.6 Å². The van der Waals surface area contributed by atoms with Gasteiger partial charge in [0.2, 0.25) is 11.1 Å². The van der Waals surface area contributed by atoms with Crippen LogP contribution in [-0.4, -0.2) is 47.5 Å². The molecular weight excluding hydrogens is 210 g/mol. The Morgan fingerprint density at radius 3 is 2.53 bits per heavy atom. The Balaban J connectivity index is 2.70. The molecule has 2 N–H and O–H groups in total. The first-order valence-corrected chi connectivity index (χ1v) is 5.82. The molecule has 1 aromatic heterocycles. The Bertz CT molecular complexity index is 298. The van der Waals surface area contributed by atoms with Gasteiger partial charge in [-0.05, 0) is 27.9 Å². The molecule has 1 aromatic rings. The minimum absolute atomic E-state index is 0.366. The summed E-state index contributed by atoms with van der Waals surface area (Å²) in [7, 11) is 4.14. The molecule has 0 spiro atoms. The van der Waals surface area contributed by atoms with E-state index in [0.717, 1.165) is 18.2 Å². The number of hydrogen-bond acceptors (Lipinski definition) is 6. The minimum Gasteiger partial charge on any atom is -0.367 e. The molecule has 0 bridgehead atoms. The molecule has 5 nitrogen and oxygen atoms in total. The Morgan fingerprint density at radius 2 is 2.13 bits per heavy atom. The van der Waals surface area contributed by atoms with Crippen molar-refractivity contribution in [1.29, 1.82) is 0 Å². The number of nitrogens with zero attached hydrogens (tertiary/aromatic N) is 4. The quantitative estimate of drug-likeness (QED) is 0.813. The van der Waals surface area contributed by atoms with Crippen molar-refractivity contribution in [2.45, 2.75) is 19.9 Å². The third kappa shape index (κ3) is 3.32. The van der Waals surface area contributed by atoms with E-state index in [2.05, 4.69) is 47.1 Å². The van der Waals surface area contributed by atoms with E-state index in [1.54, 1.807) is 0 Å². The molecule has 0 aromatic carbocycles. The van der Waals surface area contributed by atoms with Crippen molar-refractivity contribution in [3.63, 3.8) is 0 Å². The highest BCUT2D eigenvalue weighted by Gasteiger charge is 2.16. The molecule has 0 saturated heterocycles. The normalized spacial score (nSPS) is 13.1. The van der Waals surface area contributed by atoms with Gasteiger partial charge in [-0.1, -0.05) is 0 Å². The Labute approximate surface area is 95.1 Å². The van der Waals surface area contributed by atoms with Crippen molar-refractivity contribution in [3.8, 4) is 0 Å². The van der Waals surface area contributed by atoms with Crippen molar-refractivity contribution in [3.05, 3.63) is 0 Å². The van der Waals surface area contributed by atoms with E-state index in [9.17, 15) is 0 Å². The van der Waals surface area contributed by atoms with Gasteiger partial charge in [0.05, 0.1) is 0 Å². The van der Waals surface area contributed by atoms with Crippen LogP contribution in [0.5, 0.6) is 0 Å². The van der Waals surface area contributed by atoms with Crippen LogP contribution in [0.2, 0.25) is 0 Å². The highest BCUT2D eigenvalue weighted by atomic mass is 32.1. The molecule has 0 fully saturated rings. The maximum Gasteiger partial charge on any atom is 0.233 e. The summed E-state index contributed by atoms with van der Waals surface area (Å²) < 4.78 is 4.00. The van der Waals surface area contributed by atoms with Crippen molar-refractivity contribution in [2.24, 2.45) is 0 Å². The summed E-state index contributed by atoms with van der Waals surface area (Å²) in [5.41, 5.74) is 5.52. The zero-order chi connectivity index (χ0) is 11.4. The molecule has 0 aliphatic rings. The zero-order valence-corrected chi connectivity index (χ0v) is 10.6. The van der Waals surface area contributed by atoms with Gasteiger partial charge < -0.3 is 15.5 Å². The summed E-state index contributed by atoms with van der Waals surface area (Å²) in [6, 6.07) is 0.414. The van der Waals surface area contributed by atoms with Gasteiger partial charge in [-0.3, -0.25) is 0 Å². The molecule has 1 unspecified atom stereocenters. The maximum atomic E-state index is 5.52. The average Bonchev–Trinajstić information content (AvgIpc) is 2.51. The lowest BCUT2D eigenvalue weighted by Crippen LogP contribution is -2.40. The van der Waals surface area contributed by atoms with Crippen LogP contribution in [0, 0.1) is 0 Å². The fourth-order valence-corrected chi connectivity index (χ4v) is 2.37. The summed E-state index contributed by atoms with van der Waals surface area (Å²) in [4.78, 5) is 8.58. The predicted molar refractivity (Wildman–Crippen MR) is 65.4 cm³/mol. The average molecular weight is 229 g/mol. The van der Waals surface area contributed by atoms with E-state index < -0.39 is 0 Å². The van der Waals surface area contributed by atoms with Gasteiger partial charge in [0.15, 0.2) is 0 Å². The van der Waals surface area contributed by atoms with E-state index >= 15 is 0 Å². The summed E-state index contributed by atoms with van der Waals surface area (Å²) >= 11 is 1.36. The number of aromatic nitrogens is 2. The molecule has 6 heteroatoms. The van der Waals surface area contributed by atoms with Crippen LogP contribution >= 0.6 is 11.5 Å². The highest BCUT2D eigenvalue weighted by Crippen LogP contribution is 2.20. The van der Waals surface area contributed by atoms with Gasteiger partial charge in [0.1, 0.15) is 0 Å². The van der Waals surface area contributed by atoms with Crippen molar-refractivity contribution >= 4 is 22.6 Å². The summed E-state index contributed by atoms with van der Waals surface area (Å²) in [6.45, 7) is 6.21. The number of hydrogen-bond donors (Lipinski definition) is 1. The molecule has 1 rings (SSSR count). The monoisotopic (exact) mass is 229 g/mol. The first kappa shape index (κ1) is 12.2. The molecule has 1 heterocycles. The number of anilines is 2. The van der Waals surface area contributed by atoms with Crippen LogP contribution in [0.1, 0.15) is 13.8 Å². The molecule has 1 atom stereocenters. The van der Waals surface area contributed by atoms with Crippen LogP contribution in [0.15, 0.2) is 0 Å². The smallest absolute Gasteiger partial charge is 0.233 e. The molecule has 0 aliphatic carbocycles. The number of rotatable bonds is 5. The first-order chi connectivity index (χ1) is 7.04. The van der Waals surface area contributed by atoms with Gasteiger partial charge in [-0.15, -0.1) is 0 Å². The summed E-state index contributed by atoms with van der Waals surface area (Å²) in [6.07, 6.45) is 0. The largest absolute Gasteiger partial charge is 0.367 e. The van der Waals surface area contributed by atoms with Crippen LogP contribution in [0.3, 0.4) is 0 Å². The molecule has 86 valence electrons. The number of nitrogen functional groups attached to an aromatic ring is 1. The molecule has 0 aliphatic heterocycles. The van der Waals surface area contributed by atoms with Crippen LogP contribution in [-0.2, 0) is 0 Å². The van der Waals surface area contributed by atoms with Crippen molar-refractivity contribution in [2.75, 3.05) is 37.8 Å². The molecule has 0 radical (unpaired) electrons. The van der Waals surface area contributed by atoms with E-state index in [1.807, 2.05) is 0 Å². The molecule has 0 saturated carbocycles. The van der Waals surface area contributed by atoms with Gasteiger partial charge in [-0.25, -0.2) is 0 Å². The third-order valence-corrected chi connectivity index (χ3v) is 2.95. The molecule has 0 amide bonds. The lowest BCUT2D eigenvalue weighted by molar-refractivity contribution is 0.373. The van der Waals surface area contributed by atoms with E-state index in [4.69, 9.17) is 5.73 Å². The Kier molecular flexibility index (Phi) is 4.28. The van der Waals surface area contributed by atoms with Gasteiger partial charge in [0.25, 0.3) is 0 Å². The number of likely N-dealkylation sites (N-methyl/N-ethyl adjacent to an activating group) is 2. The first-order valence-electron chi connectivity index (χ1n) is 5.05. The topological polar surface area (TPSA) is 58.3 Å². The van der Waals surface area contributed by atoms with Crippen LogP contribution in [0.4, 0.5) is 11.1 Å². The van der Waals surface area contributed by atoms with E-state index in [0.29, 0.717) is 12.0 Å². The fraction of sp³-hybridized carbons (Fsp3) is 0.778.